The molecule has 24 heavy (non-hydrogen) atoms. The molecule has 2 aromatic heterocycles. The maximum absolute atomic E-state index is 12.0. The molecule has 7 nitrogen and oxygen atoms in total. The van der Waals surface area contributed by atoms with Gasteiger partial charge in [0.05, 0.1) is 18.0 Å². The minimum absolute atomic E-state index is 0.0819. The third-order valence-electron chi connectivity index (χ3n) is 3.51. The van der Waals surface area contributed by atoms with Gasteiger partial charge in [0.1, 0.15) is 0 Å². The molecule has 8 heteroatoms. The lowest BCUT2D eigenvalue weighted by Crippen LogP contribution is -2.47. The Hall–Kier alpha value is -2.19. The van der Waals surface area contributed by atoms with Crippen LogP contribution in [0.3, 0.4) is 0 Å². The molecule has 2 aromatic rings. The normalized spacial score (nSPS) is 12.0. The van der Waals surface area contributed by atoms with Crippen LogP contribution in [0.5, 0.6) is 0 Å². The molecule has 0 aromatic carbocycles. The largest absolute Gasteiger partial charge is 0.304 e. The second-order valence-corrected chi connectivity index (χ2v) is 6.72. The first kappa shape index (κ1) is 18.2. The summed E-state index contributed by atoms with van der Waals surface area (Å²) in [4.78, 5) is 25.6. The van der Waals surface area contributed by atoms with Crippen LogP contribution in [0.2, 0.25) is 0 Å². The first-order valence-electron chi connectivity index (χ1n) is 7.89. The number of hydrogen-bond acceptors (Lipinski definition) is 5. The van der Waals surface area contributed by atoms with Gasteiger partial charge in [0.2, 0.25) is 0 Å². The molecule has 3 N–H and O–H groups in total. The van der Waals surface area contributed by atoms with Gasteiger partial charge in [0.25, 0.3) is 11.8 Å². The highest BCUT2D eigenvalue weighted by Gasteiger charge is 2.13. The van der Waals surface area contributed by atoms with Gasteiger partial charge in [0, 0.05) is 23.3 Å². The highest BCUT2D eigenvalue weighted by molar-refractivity contribution is 7.14. The quantitative estimate of drug-likeness (QED) is 0.657. The van der Waals surface area contributed by atoms with Gasteiger partial charge in [-0.2, -0.15) is 5.10 Å². The molecular weight excluding hydrogens is 326 g/mol. The Morgan fingerprint density at radius 2 is 2.17 bits per heavy atom. The maximum Gasteiger partial charge on any atom is 0.279 e. The minimum Gasteiger partial charge on any atom is -0.304 e. The van der Waals surface area contributed by atoms with E-state index in [-0.39, 0.29) is 24.4 Å². The van der Waals surface area contributed by atoms with Crippen LogP contribution in [-0.4, -0.2) is 34.2 Å². The van der Waals surface area contributed by atoms with Crippen molar-refractivity contribution in [2.75, 3.05) is 6.54 Å². The van der Waals surface area contributed by atoms with E-state index >= 15 is 0 Å². The van der Waals surface area contributed by atoms with E-state index in [0.29, 0.717) is 11.4 Å². The highest BCUT2D eigenvalue weighted by Crippen LogP contribution is 2.21. The van der Waals surface area contributed by atoms with Gasteiger partial charge >= 0.3 is 0 Å². The summed E-state index contributed by atoms with van der Waals surface area (Å²) in [5.74, 6) is -0.583. The van der Waals surface area contributed by atoms with Gasteiger partial charge in [-0.05, 0) is 38.0 Å². The number of rotatable bonds is 7. The zero-order chi connectivity index (χ0) is 17.5. The molecule has 2 rings (SSSR count). The molecule has 0 radical (unpaired) electrons. The third-order valence-corrected chi connectivity index (χ3v) is 4.89. The molecule has 0 aliphatic carbocycles. The van der Waals surface area contributed by atoms with Crippen molar-refractivity contribution in [3.63, 3.8) is 0 Å². The molecule has 0 aliphatic rings. The predicted octanol–water partition coefficient (Wildman–Crippen LogP) is 1.25. The van der Waals surface area contributed by atoms with Crippen LogP contribution in [-0.2, 0) is 17.8 Å². The number of hydrogen-bond donors (Lipinski definition) is 3. The first-order valence-corrected chi connectivity index (χ1v) is 8.70. The van der Waals surface area contributed by atoms with Crippen molar-refractivity contribution in [3.8, 4) is 0 Å². The van der Waals surface area contributed by atoms with Crippen LogP contribution in [0.15, 0.2) is 24.5 Å². The van der Waals surface area contributed by atoms with Crippen LogP contribution >= 0.6 is 11.3 Å². The van der Waals surface area contributed by atoms with Crippen molar-refractivity contribution in [2.45, 2.75) is 39.8 Å². The van der Waals surface area contributed by atoms with Gasteiger partial charge in [-0.1, -0.05) is 6.92 Å². The summed E-state index contributed by atoms with van der Waals surface area (Å²) in [6.45, 7) is 6.79. The molecule has 0 aliphatic heterocycles. The van der Waals surface area contributed by atoms with Crippen molar-refractivity contribution in [1.29, 1.82) is 0 Å². The van der Waals surface area contributed by atoms with E-state index in [9.17, 15) is 9.59 Å². The lowest BCUT2D eigenvalue weighted by Gasteiger charge is -2.14. The van der Waals surface area contributed by atoms with Crippen molar-refractivity contribution >= 4 is 23.2 Å². The number of nitrogens with zero attached hydrogens (tertiary/aromatic N) is 2. The topological polar surface area (TPSA) is 88.0 Å². The minimum atomic E-state index is -0.292. The number of amides is 2. The molecular formula is C16H23N5O2S. The zero-order valence-corrected chi connectivity index (χ0v) is 14.9. The van der Waals surface area contributed by atoms with Gasteiger partial charge in [-0.15, -0.1) is 11.3 Å². The standard InChI is InChI=1S/C16H23N5O2S/c1-4-13-11(2)8-14(24-13)16(23)20-19-15(22)9-17-12(3)10-21-7-5-6-18-21/h5-8,12,17H,4,9-10H2,1-3H3,(H,19,22)(H,20,23)/t12-/m1/s1. The van der Waals surface area contributed by atoms with Crippen molar-refractivity contribution in [1.82, 2.24) is 25.9 Å². The second kappa shape index (κ2) is 8.60. The lowest BCUT2D eigenvalue weighted by molar-refractivity contribution is -0.121. The average molecular weight is 349 g/mol. The Balaban J connectivity index is 1.71. The molecule has 2 amide bonds. The van der Waals surface area contributed by atoms with Gasteiger partial charge < -0.3 is 5.32 Å². The molecule has 2 heterocycles. The average Bonchev–Trinajstić information content (AvgIpc) is 3.19. The number of carbonyl (C=O) groups is 2. The van der Waals surface area contributed by atoms with Gasteiger partial charge in [0.15, 0.2) is 0 Å². The van der Waals surface area contributed by atoms with Gasteiger partial charge in [-0.25, -0.2) is 0 Å². The van der Waals surface area contributed by atoms with Crippen LogP contribution in [0, 0.1) is 6.92 Å². The van der Waals surface area contributed by atoms with Crippen LogP contribution < -0.4 is 16.2 Å². The lowest BCUT2D eigenvalue weighted by atomic mass is 10.2. The molecule has 130 valence electrons. The summed E-state index contributed by atoms with van der Waals surface area (Å²) >= 11 is 1.45. The fraction of sp³-hybridized carbons (Fsp3) is 0.438. The van der Waals surface area contributed by atoms with E-state index in [1.807, 2.05) is 32.2 Å². The SMILES string of the molecule is CCc1sc(C(=O)NNC(=O)CN[C@H](C)Cn2cccn2)cc1C. The van der Waals surface area contributed by atoms with E-state index < -0.39 is 0 Å². The summed E-state index contributed by atoms with van der Waals surface area (Å²) in [5, 5.41) is 7.20. The Labute approximate surface area is 145 Å². The Bertz CT molecular complexity index is 681. The van der Waals surface area contributed by atoms with E-state index in [4.69, 9.17) is 0 Å². The van der Waals surface area contributed by atoms with Crippen LogP contribution in [0.25, 0.3) is 0 Å². The third kappa shape index (κ3) is 5.17. The number of thiophene rings is 1. The number of hydrazine groups is 1. The number of aryl methyl sites for hydroxylation is 2. The monoisotopic (exact) mass is 349 g/mol. The molecule has 0 unspecified atom stereocenters. The number of nitrogens with one attached hydrogen (secondary N) is 3. The van der Waals surface area contributed by atoms with Crippen LogP contribution in [0.1, 0.15) is 34.0 Å². The molecule has 0 fully saturated rings. The Kier molecular flexibility index (Phi) is 6.51. The molecule has 0 saturated heterocycles. The fourth-order valence-electron chi connectivity index (χ4n) is 2.24. The summed E-state index contributed by atoms with van der Waals surface area (Å²) in [6.07, 6.45) is 4.48. The molecule has 0 spiro atoms. The van der Waals surface area contributed by atoms with Crippen molar-refractivity contribution < 1.29 is 9.59 Å². The number of carbonyl (C=O) groups excluding carboxylic acids is 2. The highest BCUT2D eigenvalue weighted by atomic mass is 32.1. The maximum atomic E-state index is 12.0. The van der Waals surface area contributed by atoms with Crippen molar-refractivity contribution in [2.24, 2.45) is 0 Å². The molecule has 0 bridgehead atoms. The smallest absolute Gasteiger partial charge is 0.279 e. The second-order valence-electron chi connectivity index (χ2n) is 5.58. The van der Waals surface area contributed by atoms with E-state index in [2.05, 4.69) is 28.2 Å². The predicted molar refractivity (Wildman–Crippen MR) is 93.7 cm³/mol. The number of aromatic nitrogens is 2. The molecule has 1 atom stereocenters. The summed E-state index contributed by atoms with van der Waals surface area (Å²) in [7, 11) is 0. The summed E-state index contributed by atoms with van der Waals surface area (Å²) in [5.41, 5.74) is 5.98. The molecule has 0 saturated carbocycles. The van der Waals surface area contributed by atoms with Crippen molar-refractivity contribution in [3.05, 3.63) is 39.8 Å². The van der Waals surface area contributed by atoms with Crippen LogP contribution in [0.4, 0.5) is 0 Å². The van der Waals surface area contributed by atoms with E-state index in [1.165, 1.54) is 16.2 Å². The van der Waals surface area contributed by atoms with Gasteiger partial charge in [-0.3, -0.25) is 25.1 Å². The summed E-state index contributed by atoms with van der Waals surface area (Å²) in [6, 6.07) is 3.78. The Morgan fingerprint density at radius 3 is 2.79 bits per heavy atom. The Morgan fingerprint density at radius 1 is 1.38 bits per heavy atom. The zero-order valence-electron chi connectivity index (χ0n) is 14.1. The first-order chi connectivity index (χ1) is 11.5. The fourth-order valence-corrected chi connectivity index (χ4v) is 3.24. The van der Waals surface area contributed by atoms with E-state index in [1.54, 1.807) is 10.9 Å². The summed E-state index contributed by atoms with van der Waals surface area (Å²) < 4.78 is 1.79. The van der Waals surface area contributed by atoms with E-state index in [0.717, 1.165) is 12.0 Å².